The number of amides is 1. The Kier molecular flexibility index (Phi) is 3.57. The van der Waals surface area contributed by atoms with E-state index in [1.54, 1.807) is 19.2 Å². The van der Waals surface area contributed by atoms with Crippen LogP contribution in [0.4, 0.5) is 5.95 Å². The summed E-state index contributed by atoms with van der Waals surface area (Å²) in [5, 5.41) is 14.6. The molecule has 0 spiro atoms. The van der Waals surface area contributed by atoms with Crippen molar-refractivity contribution in [2.75, 3.05) is 5.32 Å². The summed E-state index contributed by atoms with van der Waals surface area (Å²) in [5.41, 5.74) is 1.95. The fourth-order valence-corrected chi connectivity index (χ4v) is 2.69. The van der Waals surface area contributed by atoms with Gasteiger partial charge in [-0.1, -0.05) is 23.7 Å². The summed E-state index contributed by atoms with van der Waals surface area (Å²) < 4.78 is 1.53. The number of anilines is 1. The molecular weight excluding hydrogens is 328 g/mol. The molecule has 0 radical (unpaired) electrons. The summed E-state index contributed by atoms with van der Waals surface area (Å²) in [4.78, 5) is 16.7. The number of aromatic amines is 1. The molecule has 0 atom stereocenters. The highest BCUT2D eigenvalue weighted by atomic mass is 35.5. The van der Waals surface area contributed by atoms with Gasteiger partial charge >= 0.3 is 0 Å². The number of aromatic nitrogens is 5. The van der Waals surface area contributed by atoms with Crippen LogP contribution in [0.25, 0.3) is 11.3 Å². The molecule has 1 amide bonds. The van der Waals surface area contributed by atoms with Crippen LogP contribution in [0.15, 0.2) is 30.3 Å². The average Bonchev–Trinajstić information content (AvgIpc) is 3.18. The van der Waals surface area contributed by atoms with Crippen molar-refractivity contribution in [1.82, 2.24) is 25.0 Å². The molecule has 1 saturated carbocycles. The predicted molar refractivity (Wildman–Crippen MR) is 90.0 cm³/mol. The van der Waals surface area contributed by atoms with E-state index >= 15 is 0 Å². The van der Waals surface area contributed by atoms with Crippen LogP contribution in [0.2, 0.25) is 5.02 Å². The minimum Gasteiger partial charge on any atom is -0.288 e. The summed E-state index contributed by atoms with van der Waals surface area (Å²) in [6, 6.07) is 9.06. The number of H-pyrrole nitrogens is 1. The van der Waals surface area contributed by atoms with Crippen molar-refractivity contribution in [3.05, 3.63) is 46.9 Å². The molecule has 1 aliphatic carbocycles. The van der Waals surface area contributed by atoms with E-state index in [2.05, 4.69) is 25.6 Å². The zero-order valence-corrected chi connectivity index (χ0v) is 13.7. The fourth-order valence-electron chi connectivity index (χ4n) is 2.50. The van der Waals surface area contributed by atoms with Crippen molar-refractivity contribution in [2.45, 2.75) is 18.8 Å². The highest BCUT2D eigenvalue weighted by Gasteiger charge is 2.27. The van der Waals surface area contributed by atoms with Crippen LogP contribution in [0.5, 0.6) is 0 Å². The van der Waals surface area contributed by atoms with Gasteiger partial charge in [-0.05, 0) is 31.0 Å². The number of hydrogen-bond acceptors (Lipinski definition) is 4. The molecular formula is C16H15ClN6O. The standard InChI is InChI=1S/C16H15ClN6O/c1-23-13(8-12(22-23)10-3-2-4-11(17)7-10)15(24)19-16-18-14(20-21-16)9-5-6-9/h2-4,7-9H,5-6H2,1H3,(H2,18,19,20,21,24). The topological polar surface area (TPSA) is 88.5 Å². The first kappa shape index (κ1) is 14.9. The molecule has 0 saturated heterocycles. The zero-order chi connectivity index (χ0) is 16.7. The maximum absolute atomic E-state index is 12.4. The number of rotatable bonds is 4. The average molecular weight is 343 g/mol. The number of nitrogens with zero attached hydrogens (tertiary/aromatic N) is 4. The normalized spacial score (nSPS) is 13.9. The minimum absolute atomic E-state index is 0.285. The van der Waals surface area contributed by atoms with Gasteiger partial charge in [-0.25, -0.2) is 0 Å². The van der Waals surface area contributed by atoms with E-state index in [1.165, 1.54) is 4.68 Å². The molecule has 2 heterocycles. The van der Waals surface area contributed by atoms with Crippen LogP contribution in [-0.2, 0) is 7.05 Å². The summed E-state index contributed by atoms with van der Waals surface area (Å²) in [6.45, 7) is 0. The SMILES string of the molecule is Cn1nc(-c2cccc(Cl)c2)cc1C(=O)Nc1n[nH]c(C2CC2)n1. The number of hydrogen-bond donors (Lipinski definition) is 2. The van der Waals surface area contributed by atoms with Crippen molar-refractivity contribution in [1.29, 1.82) is 0 Å². The molecule has 0 unspecified atom stereocenters. The Morgan fingerprint density at radius 2 is 2.21 bits per heavy atom. The van der Waals surface area contributed by atoms with Crippen LogP contribution in [-0.4, -0.2) is 30.9 Å². The summed E-state index contributed by atoms with van der Waals surface area (Å²) in [5.74, 6) is 1.26. The number of carbonyl (C=O) groups is 1. The van der Waals surface area contributed by atoms with E-state index in [9.17, 15) is 4.79 Å². The smallest absolute Gasteiger partial charge is 0.276 e. The fraction of sp³-hybridized carbons (Fsp3) is 0.250. The van der Waals surface area contributed by atoms with Gasteiger partial charge in [-0.2, -0.15) is 10.1 Å². The van der Waals surface area contributed by atoms with Crippen LogP contribution in [0.1, 0.15) is 35.1 Å². The third-order valence-electron chi connectivity index (χ3n) is 3.92. The highest BCUT2D eigenvalue weighted by Crippen LogP contribution is 2.38. The first-order chi connectivity index (χ1) is 11.6. The van der Waals surface area contributed by atoms with Crippen LogP contribution in [0, 0.1) is 0 Å². The molecule has 0 aliphatic heterocycles. The lowest BCUT2D eigenvalue weighted by Crippen LogP contribution is -2.16. The van der Waals surface area contributed by atoms with E-state index in [1.807, 2.05) is 18.2 Å². The first-order valence-electron chi connectivity index (χ1n) is 7.64. The van der Waals surface area contributed by atoms with E-state index in [0.717, 1.165) is 24.2 Å². The van der Waals surface area contributed by atoms with Gasteiger partial charge in [0.1, 0.15) is 11.5 Å². The Morgan fingerprint density at radius 3 is 2.96 bits per heavy atom. The van der Waals surface area contributed by atoms with Crippen molar-refractivity contribution in [3.8, 4) is 11.3 Å². The number of nitrogens with one attached hydrogen (secondary N) is 2. The molecule has 7 nitrogen and oxygen atoms in total. The van der Waals surface area contributed by atoms with Crippen molar-refractivity contribution < 1.29 is 4.79 Å². The molecule has 3 aromatic rings. The number of carbonyl (C=O) groups excluding carboxylic acids is 1. The Balaban J connectivity index is 1.55. The van der Waals surface area contributed by atoms with Crippen molar-refractivity contribution in [2.24, 2.45) is 7.05 Å². The van der Waals surface area contributed by atoms with Crippen molar-refractivity contribution >= 4 is 23.5 Å². The maximum atomic E-state index is 12.4. The highest BCUT2D eigenvalue weighted by molar-refractivity contribution is 6.30. The molecule has 24 heavy (non-hydrogen) atoms. The van der Waals surface area contributed by atoms with Crippen LogP contribution >= 0.6 is 11.6 Å². The second-order valence-electron chi connectivity index (χ2n) is 5.82. The quantitative estimate of drug-likeness (QED) is 0.762. The van der Waals surface area contributed by atoms with E-state index < -0.39 is 0 Å². The van der Waals surface area contributed by atoms with E-state index in [0.29, 0.717) is 22.3 Å². The molecule has 8 heteroatoms. The Bertz CT molecular complexity index is 911. The second-order valence-corrected chi connectivity index (χ2v) is 6.26. The van der Waals surface area contributed by atoms with Crippen molar-refractivity contribution in [3.63, 3.8) is 0 Å². The lowest BCUT2D eigenvalue weighted by atomic mass is 10.1. The van der Waals surface area contributed by atoms with Gasteiger partial charge in [0, 0.05) is 23.6 Å². The van der Waals surface area contributed by atoms with Gasteiger partial charge in [0.25, 0.3) is 5.91 Å². The molecule has 122 valence electrons. The molecule has 1 aromatic carbocycles. The number of halogens is 1. The lowest BCUT2D eigenvalue weighted by molar-refractivity contribution is 0.101. The molecule has 2 aromatic heterocycles. The Hall–Kier alpha value is -2.67. The van der Waals surface area contributed by atoms with Gasteiger partial charge < -0.3 is 0 Å². The van der Waals surface area contributed by atoms with E-state index in [4.69, 9.17) is 11.6 Å². The van der Waals surface area contributed by atoms with Crippen LogP contribution < -0.4 is 5.32 Å². The third-order valence-corrected chi connectivity index (χ3v) is 4.16. The Morgan fingerprint density at radius 1 is 1.38 bits per heavy atom. The molecule has 4 rings (SSSR count). The second kappa shape index (κ2) is 5.76. The number of benzene rings is 1. The lowest BCUT2D eigenvalue weighted by Gasteiger charge is -2.00. The molecule has 1 aliphatic rings. The van der Waals surface area contributed by atoms with Gasteiger partial charge in [0.15, 0.2) is 0 Å². The van der Waals surface area contributed by atoms with E-state index in [-0.39, 0.29) is 11.9 Å². The molecule has 1 fully saturated rings. The monoisotopic (exact) mass is 342 g/mol. The number of aryl methyl sites for hydroxylation is 1. The summed E-state index contributed by atoms with van der Waals surface area (Å²) in [7, 11) is 1.72. The van der Waals surface area contributed by atoms with Gasteiger partial charge in [-0.15, -0.1) is 5.10 Å². The predicted octanol–water partition coefficient (Wildman–Crippen LogP) is 2.99. The van der Waals surface area contributed by atoms with Gasteiger partial charge in [0.05, 0.1) is 5.69 Å². The summed E-state index contributed by atoms with van der Waals surface area (Å²) in [6.07, 6.45) is 2.24. The largest absolute Gasteiger partial charge is 0.288 e. The van der Waals surface area contributed by atoms with Gasteiger partial charge in [-0.3, -0.25) is 19.9 Å². The van der Waals surface area contributed by atoms with Gasteiger partial charge in [0.2, 0.25) is 5.95 Å². The zero-order valence-electron chi connectivity index (χ0n) is 13.0. The Labute approximate surface area is 143 Å². The maximum Gasteiger partial charge on any atom is 0.276 e. The molecule has 2 N–H and O–H groups in total. The van der Waals surface area contributed by atoms with Crippen LogP contribution in [0.3, 0.4) is 0 Å². The summed E-state index contributed by atoms with van der Waals surface area (Å²) >= 11 is 6.01. The third kappa shape index (κ3) is 2.90. The molecule has 0 bridgehead atoms. The minimum atomic E-state index is -0.306. The first-order valence-corrected chi connectivity index (χ1v) is 8.01.